The molecular formula is C89H55ClN5+. The SMILES string of the molecule is Clc1ccc(-c2nc(-c3ccc4ccccc4c3)nc3ccccc23)c2ccccc12.[C+]1=CC2=C(C=C1)c1cc3ccccc3cc1C2.c1ccc2cc(-c3nc(-c4ccc(-n5c6ccccc6c6cc7ccccc7cc65)c5ccccc45)c4ccccc4n3)ccc2c1. The number of benzene rings is 15. The van der Waals surface area contributed by atoms with E-state index < -0.39 is 0 Å². The molecule has 18 aromatic rings. The van der Waals surface area contributed by atoms with E-state index in [1.54, 1.807) is 0 Å². The third-order valence-electron chi connectivity index (χ3n) is 18.9. The van der Waals surface area contributed by atoms with Gasteiger partial charge in [0.2, 0.25) is 0 Å². The van der Waals surface area contributed by atoms with Gasteiger partial charge >= 0.3 is 0 Å². The van der Waals surface area contributed by atoms with Crippen molar-refractivity contribution in [3.63, 3.8) is 0 Å². The van der Waals surface area contributed by atoms with Crippen molar-refractivity contribution in [1.82, 2.24) is 24.5 Å². The standard InChI is InChI=1S/C44H27N3.C28H17ClN2.C17H11/c1-2-12-29-25-32(22-21-28(29)11-1)44-45-39-19-9-7-18-37(39)43(46-44)36-23-24-41(34-16-6-5-15-33(34)36)47-40-20-10-8-17-35(40)38-26-30-13-3-4-14-31(30)27-42(38)47;29-25-16-15-23(21-9-3-4-10-22(21)25)27-24-11-5-6-12-26(24)30-28(31-27)20-14-13-18-7-1-2-8-19(18)17-20;1-2-6-13-11-17-15(9-12(13)5-1)10-14-7-3-4-8-16(14)17/h1-27H;1-17H;1-2,4-9,11H,10H2/q;;+1. The molecule has 95 heavy (non-hydrogen) atoms. The van der Waals surface area contributed by atoms with E-state index in [2.05, 4.69) is 290 Å². The number of fused-ring (bicyclic) bond motifs is 13. The van der Waals surface area contributed by atoms with Crippen LogP contribution >= 0.6 is 11.6 Å². The van der Waals surface area contributed by atoms with Gasteiger partial charge in [-0.2, -0.15) is 0 Å². The van der Waals surface area contributed by atoms with E-state index in [0.29, 0.717) is 0 Å². The molecule has 0 amide bonds. The van der Waals surface area contributed by atoms with Crippen LogP contribution in [0.15, 0.2) is 327 Å². The van der Waals surface area contributed by atoms with Gasteiger partial charge in [-0.15, -0.1) is 0 Å². The molecule has 0 aliphatic heterocycles. The molecule has 5 nitrogen and oxygen atoms in total. The van der Waals surface area contributed by atoms with E-state index in [1.807, 2.05) is 42.5 Å². The quantitative estimate of drug-likeness (QED) is 0.161. The summed E-state index contributed by atoms with van der Waals surface area (Å²) in [6, 6.07) is 107. The van der Waals surface area contributed by atoms with Crippen LogP contribution in [0.1, 0.15) is 11.1 Å². The minimum Gasteiger partial charge on any atom is -0.309 e. The number of halogens is 1. The molecule has 2 aliphatic rings. The molecule has 0 fully saturated rings. The van der Waals surface area contributed by atoms with Crippen LogP contribution in [0.4, 0.5) is 0 Å². The fraction of sp³-hybridized carbons (Fsp3) is 0.0112. The zero-order valence-electron chi connectivity index (χ0n) is 51.4. The molecule has 3 heterocycles. The minimum absolute atomic E-state index is 0.721. The van der Waals surface area contributed by atoms with Crippen molar-refractivity contribution in [2.24, 2.45) is 0 Å². The molecule has 0 saturated heterocycles. The molecule has 0 radical (unpaired) electrons. The summed E-state index contributed by atoms with van der Waals surface area (Å²) < 4.78 is 2.43. The number of nitrogens with zero attached hydrogens (tertiary/aromatic N) is 5. The van der Waals surface area contributed by atoms with E-state index in [0.717, 1.165) is 100 Å². The Morgan fingerprint density at radius 1 is 0.326 bits per heavy atom. The number of hydrogen-bond acceptors (Lipinski definition) is 4. The lowest BCUT2D eigenvalue weighted by molar-refractivity contribution is 1.20. The van der Waals surface area contributed by atoms with Crippen molar-refractivity contribution in [1.29, 1.82) is 0 Å². The molecule has 0 N–H and O–H groups in total. The van der Waals surface area contributed by atoms with Gasteiger partial charge in [-0.3, -0.25) is 0 Å². The van der Waals surface area contributed by atoms with Crippen molar-refractivity contribution in [2.75, 3.05) is 0 Å². The maximum atomic E-state index is 6.48. The van der Waals surface area contributed by atoms with E-state index in [1.165, 1.54) is 92.6 Å². The highest BCUT2D eigenvalue weighted by atomic mass is 35.5. The van der Waals surface area contributed by atoms with E-state index >= 15 is 0 Å². The molecule has 0 spiro atoms. The normalized spacial score (nSPS) is 12.4. The van der Waals surface area contributed by atoms with Gasteiger partial charge in [-0.25, -0.2) is 19.9 Å². The monoisotopic (exact) mass is 1230 g/mol. The van der Waals surface area contributed by atoms with Crippen molar-refractivity contribution >= 4 is 125 Å². The second-order valence-corrected chi connectivity index (χ2v) is 24.9. The first kappa shape index (κ1) is 55.6. The Hall–Kier alpha value is -12.2. The first-order valence-electron chi connectivity index (χ1n) is 32.1. The number of aromatic nitrogens is 5. The second-order valence-electron chi connectivity index (χ2n) is 24.5. The molecule has 3 aromatic heterocycles. The zero-order chi connectivity index (χ0) is 62.9. The third-order valence-corrected chi connectivity index (χ3v) is 19.2. The van der Waals surface area contributed by atoms with Gasteiger partial charge in [-0.05, 0) is 126 Å². The molecule has 0 bridgehead atoms. The van der Waals surface area contributed by atoms with Crippen LogP contribution in [0.3, 0.4) is 0 Å². The summed E-state index contributed by atoms with van der Waals surface area (Å²) in [5.74, 6) is 1.45. The van der Waals surface area contributed by atoms with Gasteiger partial charge in [0.05, 0.1) is 56.4 Å². The van der Waals surface area contributed by atoms with Crippen LogP contribution < -0.4 is 0 Å². The van der Waals surface area contributed by atoms with Crippen molar-refractivity contribution < 1.29 is 0 Å². The van der Waals surface area contributed by atoms with Crippen LogP contribution in [0.25, 0.3) is 165 Å². The van der Waals surface area contributed by atoms with Crippen molar-refractivity contribution in [3.8, 4) is 51.0 Å². The fourth-order valence-corrected chi connectivity index (χ4v) is 14.5. The van der Waals surface area contributed by atoms with Crippen LogP contribution in [0.2, 0.25) is 5.02 Å². The smallest absolute Gasteiger partial charge is 0.160 e. The second kappa shape index (κ2) is 23.2. The lowest BCUT2D eigenvalue weighted by atomic mass is 9.97. The summed E-state index contributed by atoms with van der Waals surface area (Å²) in [6.07, 6.45) is 10.5. The maximum absolute atomic E-state index is 6.48. The van der Waals surface area contributed by atoms with Gasteiger partial charge in [0.15, 0.2) is 11.6 Å². The maximum Gasteiger partial charge on any atom is 0.160 e. The molecule has 2 aliphatic carbocycles. The molecular weight excluding hydrogens is 1170 g/mol. The number of allylic oxidation sites excluding steroid dienone is 6. The van der Waals surface area contributed by atoms with Crippen molar-refractivity contribution in [3.05, 3.63) is 349 Å². The number of hydrogen-bond donors (Lipinski definition) is 0. The Morgan fingerprint density at radius 2 is 0.789 bits per heavy atom. The lowest BCUT2D eigenvalue weighted by Crippen LogP contribution is -1.99. The minimum atomic E-state index is 0.721. The Morgan fingerprint density at radius 3 is 1.40 bits per heavy atom. The average molecular weight is 1230 g/mol. The summed E-state index contributed by atoms with van der Waals surface area (Å²) in [4.78, 5) is 20.3. The van der Waals surface area contributed by atoms with Crippen LogP contribution in [0, 0.1) is 6.08 Å². The molecule has 0 saturated carbocycles. The predicted octanol–water partition coefficient (Wildman–Crippen LogP) is 23.5. The van der Waals surface area contributed by atoms with Crippen LogP contribution in [0.5, 0.6) is 0 Å². The van der Waals surface area contributed by atoms with Gasteiger partial charge in [0.1, 0.15) is 12.2 Å². The van der Waals surface area contributed by atoms with Gasteiger partial charge < -0.3 is 4.57 Å². The highest BCUT2D eigenvalue weighted by molar-refractivity contribution is 6.36. The fourth-order valence-electron chi connectivity index (χ4n) is 14.3. The summed E-state index contributed by atoms with van der Waals surface area (Å²) in [5, 5.41) is 19.7. The lowest BCUT2D eigenvalue weighted by Gasteiger charge is -2.16. The van der Waals surface area contributed by atoms with E-state index in [-0.39, 0.29) is 0 Å². The molecule has 442 valence electrons. The van der Waals surface area contributed by atoms with E-state index in [4.69, 9.17) is 31.5 Å². The van der Waals surface area contributed by atoms with Gasteiger partial charge in [0, 0.05) is 77.7 Å². The number of para-hydroxylation sites is 3. The predicted molar refractivity (Wildman–Crippen MR) is 399 cm³/mol. The first-order valence-corrected chi connectivity index (χ1v) is 32.5. The first-order chi connectivity index (χ1) is 47.0. The molecule has 20 rings (SSSR count). The van der Waals surface area contributed by atoms with Gasteiger partial charge in [0.25, 0.3) is 0 Å². The summed E-state index contributed by atoms with van der Waals surface area (Å²) in [6.45, 7) is 0. The zero-order valence-corrected chi connectivity index (χ0v) is 52.2. The summed E-state index contributed by atoms with van der Waals surface area (Å²) in [5.41, 5.74) is 17.0. The topological polar surface area (TPSA) is 56.5 Å². The summed E-state index contributed by atoms with van der Waals surface area (Å²) >= 11 is 6.48. The third kappa shape index (κ3) is 9.85. The summed E-state index contributed by atoms with van der Waals surface area (Å²) in [7, 11) is 0. The highest BCUT2D eigenvalue weighted by Gasteiger charge is 2.27. The highest BCUT2D eigenvalue weighted by Crippen LogP contribution is 2.43. The molecule has 6 heteroatoms. The largest absolute Gasteiger partial charge is 0.309 e. The average Bonchev–Trinajstić information content (AvgIpc) is 1.56. The Labute approximate surface area is 553 Å². The Balaban J connectivity index is 0.000000117. The van der Waals surface area contributed by atoms with Crippen LogP contribution in [-0.2, 0) is 6.42 Å². The number of rotatable bonds is 5. The Bertz CT molecular complexity index is 6290. The van der Waals surface area contributed by atoms with Crippen molar-refractivity contribution in [2.45, 2.75) is 6.42 Å². The van der Waals surface area contributed by atoms with Gasteiger partial charge in [-0.1, -0.05) is 248 Å². The molecule has 15 aromatic carbocycles. The van der Waals surface area contributed by atoms with Crippen LogP contribution in [-0.4, -0.2) is 24.5 Å². The molecule has 0 unspecified atom stereocenters. The Kier molecular flexibility index (Phi) is 13.5. The molecule has 0 atom stereocenters. The van der Waals surface area contributed by atoms with E-state index in [9.17, 15) is 0 Å².